The number of hydrogen-bond donors (Lipinski definition) is 1. The van der Waals surface area contributed by atoms with E-state index in [0.717, 1.165) is 19.0 Å². The lowest BCUT2D eigenvalue weighted by molar-refractivity contribution is -0.0500. The van der Waals surface area contributed by atoms with Crippen LogP contribution in [0.25, 0.3) is 0 Å². The summed E-state index contributed by atoms with van der Waals surface area (Å²) in [6.45, 7) is 1.67. The Morgan fingerprint density at radius 1 is 1.35 bits per heavy atom. The monoisotopic (exact) mass is 247 g/mol. The highest BCUT2D eigenvalue weighted by Gasteiger charge is 2.12. The van der Waals surface area contributed by atoms with Crippen LogP contribution < -0.4 is 10.1 Å². The summed E-state index contributed by atoms with van der Waals surface area (Å²) in [4.78, 5) is 0. The maximum atomic E-state index is 13.6. The van der Waals surface area contributed by atoms with Gasteiger partial charge in [0.15, 0.2) is 0 Å². The number of halogens is 3. The van der Waals surface area contributed by atoms with Gasteiger partial charge in [-0.25, -0.2) is 4.39 Å². The summed E-state index contributed by atoms with van der Waals surface area (Å²) in [6.07, 6.45) is 0.943. The Morgan fingerprint density at radius 2 is 2.06 bits per heavy atom. The van der Waals surface area contributed by atoms with Gasteiger partial charge in [0, 0.05) is 17.7 Å². The predicted octanol–water partition coefficient (Wildman–Crippen LogP) is 3.49. The van der Waals surface area contributed by atoms with Crippen molar-refractivity contribution in [2.45, 2.75) is 32.9 Å². The largest absolute Gasteiger partial charge is 0.435 e. The molecule has 0 fully saturated rings. The highest BCUT2D eigenvalue weighted by Crippen LogP contribution is 2.22. The lowest BCUT2D eigenvalue weighted by Gasteiger charge is -2.15. The maximum absolute atomic E-state index is 13.6. The van der Waals surface area contributed by atoms with Gasteiger partial charge in [-0.1, -0.05) is 13.0 Å². The molecule has 0 aliphatic carbocycles. The van der Waals surface area contributed by atoms with Crippen LogP contribution in [-0.2, 0) is 0 Å². The van der Waals surface area contributed by atoms with E-state index in [1.165, 1.54) is 12.1 Å². The molecule has 0 saturated heterocycles. The van der Waals surface area contributed by atoms with Crippen LogP contribution in [0, 0.1) is 5.82 Å². The lowest BCUT2D eigenvalue weighted by atomic mass is 10.1. The van der Waals surface area contributed by atoms with Crippen molar-refractivity contribution in [3.05, 3.63) is 29.6 Å². The summed E-state index contributed by atoms with van der Waals surface area (Å²) in [6, 6.07) is 3.62. The SMILES string of the molecule is CCCNC(C)c1ccc(OC(F)F)cc1F. The molecule has 0 heterocycles. The first-order chi connectivity index (χ1) is 8.04. The smallest absolute Gasteiger partial charge is 0.387 e. The summed E-state index contributed by atoms with van der Waals surface area (Å²) in [7, 11) is 0. The molecule has 1 unspecified atom stereocenters. The van der Waals surface area contributed by atoms with Crippen molar-refractivity contribution in [1.82, 2.24) is 5.32 Å². The highest BCUT2D eigenvalue weighted by molar-refractivity contribution is 5.30. The third-order valence-corrected chi connectivity index (χ3v) is 2.36. The molecule has 1 rings (SSSR count). The second-order valence-electron chi connectivity index (χ2n) is 3.74. The van der Waals surface area contributed by atoms with Gasteiger partial charge in [-0.15, -0.1) is 0 Å². The van der Waals surface area contributed by atoms with E-state index in [-0.39, 0.29) is 11.8 Å². The van der Waals surface area contributed by atoms with Crippen molar-refractivity contribution in [2.75, 3.05) is 6.54 Å². The van der Waals surface area contributed by atoms with E-state index in [9.17, 15) is 13.2 Å². The summed E-state index contributed by atoms with van der Waals surface area (Å²) < 4.78 is 41.6. The number of ether oxygens (including phenoxy) is 1. The molecule has 1 aromatic carbocycles. The molecule has 0 aliphatic rings. The van der Waals surface area contributed by atoms with Crippen molar-refractivity contribution >= 4 is 0 Å². The standard InChI is InChI=1S/C12H16F3NO/c1-3-6-16-8(2)10-5-4-9(7-11(10)13)17-12(14)15/h4-5,7-8,12,16H,3,6H2,1-2H3. The Bertz CT molecular complexity index is 358. The van der Waals surface area contributed by atoms with Crippen LogP contribution in [0.4, 0.5) is 13.2 Å². The first-order valence-electron chi connectivity index (χ1n) is 5.52. The van der Waals surface area contributed by atoms with Gasteiger partial charge in [-0.2, -0.15) is 8.78 Å². The van der Waals surface area contributed by atoms with Crippen molar-refractivity contribution in [2.24, 2.45) is 0 Å². The minimum atomic E-state index is -2.93. The lowest BCUT2D eigenvalue weighted by Crippen LogP contribution is -2.20. The van der Waals surface area contributed by atoms with Gasteiger partial charge in [0.05, 0.1) is 0 Å². The summed E-state index contributed by atoms with van der Waals surface area (Å²) >= 11 is 0. The average molecular weight is 247 g/mol. The molecule has 1 aromatic rings. The number of alkyl halides is 2. The third-order valence-electron chi connectivity index (χ3n) is 2.36. The minimum Gasteiger partial charge on any atom is -0.435 e. The summed E-state index contributed by atoms with van der Waals surface area (Å²) in [5, 5.41) is 3.12. The zero-order chi connectivity index (χ0) is 12.8. The van der Waals surface area contributed by atoms with Gasteiger partial charge in [0.25, 0.3) is 0 Å². The second-order valence-corrected chi connectivity index (χ2v) is 3.74. The van der Waals surface area contributed by atoms with E-state index in [1.807, 2.05) is 13.8 Å². The zero-order valence-electron chi connectivity index (χ0n) is 9.84. The minimum absolute atomic E-state index is 0.157. The fourth-order valence-electron chi connectivity index (χ4n) is 1.51. The van der Waals surface area contributed by atoms with Crippen molar-refractivity contribution in [3.8, 4) is 5.75 Å². The van der Waals surface area contributed by atoms with Crippen LogP contribution in [0.3, 0.4) is 0 Å². The molecule has 0 bridgehead atoms. The molecule has 1 atom stereocenters. The molecular formula is C12H16F3NO. The predicted molar refractivity (Wildman–Crippen MR) is 59.7 cm³/mol. The van der Waals surface area contributed by atoms with E-state index >= 15 is 0 Å². The van der Waals surface area contributed by atoms with E-state index in [2.05, 4.69) is 10.1 Å². The van der Waals surface area contributed by atoms with Crippen LogP contribution in [0.1, 0.15) is 31.9 Å². The van der Waals surface area contributed by atoms with Crippen LogP contribution in [0.15, 0.2) is 18.2 Å². The Labute approximate surface area is 98.8 Å². The molecule has 0 aliphatic heterocycles. The molecule has 0 amide bonds. The fourth-order valence-corrected chi connectivity index (χ4v) is 1.51. The van der Waals surface area contributed by atoms with Gasteiger partial charge in [0.1, 0.15) is 11.6 Å². The number of rotatable bonds is 6. The van der Waals surface area contributed by atoms with Gasteiger partial charge in [-0.05, 0) is 26.0 Å². The van der Waals surface area contributed by atoms with Gasteiger partial charge in [0.2, 0.25) is 0 Å². The Hall–Kier alpha value is -1.23. The zero-order valence-corrected chi connectivity index (χ0v) is 9.84. The maximum Gasteiger partial charge on any atom is 0.387 e. The Kier molecular flexibility index (Phi) is 5.28. The van der Waals surface area contributed by atoms with E-state index in [4.69, 9.17) is 0 Å². The van der Waals surface area contributed by atoms with E-state index < -0.39 is 12.4 Å². The molecule has 5 heteroatoms. The first-order valence-corrected chi connectivity index (χ1v) is 5.52. The van der Waals surface area contributed by atoms with Crippen molar-refractivity contribution in [1.29, 1.82) is 0 Å². The average Bonchev–Trinajstić information content (AvgIpc) is 2.25. The third kappa shape index (κ3) is 4.26. The second kappa shape index (κ2) is 6.49. The van der Waals surface area contributed by atoms with Crippen LogP contribution in [0.5, 0.6) is 5.75 Å². The molecular weight excluding hydrogens is 231 g/mol. The fraction of sp³-hybridized carbons (Fsp3) is 0.500. The number of nitrogens with one attached hydrogen (secondary N) is 1. The van der Waals surface area contributed by atoms with Crippen LogP contribution >= 0.6 is 0 Å². The topological polar surface area (TPSA) is 21.3 Å². The molecule has 0 spiro atoms. The van der Waals surface area contributed by atoms with Gasteiger partial charge >= 0.3 is 6.61 Å². The molecule has 1 N–H and O–H groups in total. The van der Waals surface area contributed by atoms with Gasteiger partial charge < -0.3 is 10.1 Å². The number of hydrogen-bond acceptors (Lipinski definition) is 2. The summed E-state index contributed by atoms with van der Waals surface area (Å²) in [5.41, 5.74) is 0.445. The number of benzene rings is 1. The normalized spacial score (nSPS) is 12.8. The Balaban J connectivity index is 2.74. The molecule has 96 valence electrons. The Morgan fingerprint density at radius 3 is 2.59 bits per heavy atom. The van der Waals surface area contributed by atoms with E-state index in [1.54, 1.807) is 0 Å². The molecule has 17 heavy (non-hydrogen) atoms. The molecule has 0 saturated carbocycles. The van der Waals surface area contributed by atoms with Crippen molar-refractivity contribution in [3.63, 3.8) is 0 Å². The quantitative estimate of drug-likeness (QED) is 0.830. The van der Waals surface area contributed by atoms with Crippen LogP contribution in [0.2, 0.25) is 0 Å². The highest BCUT2D eigenvalue weighted by atomic mass is 19.3. The van der Waals surface area contributed by atoms with Gasteiger partial charge in [-0.3, -0.25) is 0 Å². The van der Waals surface area contributed by atoms with Crippen LogP contribution in [-0.4, -0.2) is 13.2 Å². The molecule has 2 nitrogen and oxygen atoms in total. The summed E-state index contributed by atoms with van der Waals surface area (Å²) in [5.74, 6) is -0.705. The molecule has 0 radical (unpaired) electrons. The van der Waals surface area contributed by atoms with E-state index in [0.29, 0.717) is 5.56 Å². The first kappa shape index (κ1) is 13.8. The van der Waals surface area contributed by atoms with Crippen molar-refractivity contribution < 1.29 is 17.9 Å². The molecule has 0 aromatic heterocycles.